The maximum atomic E-state index is 13.3. The molecule has 1 aliphatic heterocycles. The van der Waals surface area contributed by atoms with Crippen LogP contribution in [0.2, 0.25) is 0 Å². The predicted octanol–water partition coefficient (Wildman–Crippen LogP) is 5.81. The van der Waals surface area contributed by atoms with Gasteiger partial charge in [0.15, 0.2) is 11.5 Å². The van der Waals surface area contributed by atoms with Gasteiger partial charge in [-0.3, -0.25) is 0 Å². The van der Waals surface area contributed by atoms with Gasteiger partial charge in [-0.15, -0.1) is 0 Å². The molecule has 192 valence electrons. The molecule has 10 heteroatoms. The van der Waals surface area contributed by atoms with Crippen molar-refractivity contribution in [1.29, 1.82) is 0 Å². The normalized spacial score (nSPS) is 21.1. The number of nitrogens with two attached hydrogens (primary N) is 1. The molecule has 0 radical (unpaired) electrons. The highest BCUT2D eigenvalue weighted by molar-refractivity contribution is 5.92. The maximum Gasteiger partial charge on any atom is 0.416 e. The second-order valence-corrected chi connectivity index (χ2v) is 9.39. The number of hydrogen-bond donors (Lipinski definition) is 2. The molecule has 1 aliphatic carbocycles. The minimum atomic E-state index is -4.49. The van der Waals surface area contributed by atoms with E-state index < -0.39 is 17.8 Å². The van der Waals surface area contributed by atoms with Crippen LogP contribution < -0.4 is 20.5 Å². The van der Waals surface area contributed by atoms with Gasteiger partial charge in [0.2, 0.25) is 0 Å². The van der Waals surface area contributed by atoms with Crippen LogP contribution in [-0.4, -0.2) is 35.4 Å². The molecule has 1 aromatic heterocycles. The van der Waals surface area contributed by atoms with Gasteiger partial charge in [-0.05, 0) is 62.9 Å². The monoisotopic (exact) mass is 502 g/mol. The zero-order valence-electron chi connectivity index (χ0n) is 20.2. The van der Waals surface area contributed by atoms with Gasteiger partial charge in [0.05, 0.1) is 29.8 Å². The SMILES string of the molecule is Cc1nc(N[C@H](C)c2cc(N)cc(C(F)(F)F)c2)c2cc3c(cc2n1)OCCOC1CCCCC1O3. The first-order valence-corrected chi connectivity index (χ1v) is 12.1. The summed E-state index contributed by atoms with van der Waals surface area (Å²) in [5, 5.41) is 3.94. The van der Waals surface area contributed by atoms with Crippen molar-refractivity contribution in [1.82, 2.24) is 9.97 Å². The Morgan fingerprint density at radius 2 is 1.78 bits per heavy atom. The largest absolute Gasteiger partial charge is 0.487 e. The summed E-state index contributed by atoms with van der Waals surface area (Å²) in [6, 6.07) is 6.72. The van der Waals surface area contributed by atoms with Crippen molar-refractivity contribution in [3.05, 3.63) is 47.3 Å². The van der Waals surface area contributed by atoms with Crippen molar-refractivity contribution < 1.29 is 27.4 Å². The fourth-order valence-corrected chi connectivity index (χ4v) is 4.85. The minimum absolute atomic E-state index is 0.0160. The zero-order chi connectivity index (χ0) is 25.4. The number of hydrogen-bond acceptors (Lipinski definition) is 7. The van der Waals surface area contributed by atoms with Gasteiger partial charge in [-0.2, -0.15) is 13.2 Å². The number of rotatable bonds is 3. The number of aromatic nitrogens is 2. The molecule has 0 amide bonds. The Morgan fingerprint density at radius 3 is 2.56 bits per heavy atom. The number of aryl methyl sites for hydroxylation is 1. The zero-order valence-corrected chi connectivity index (χ0v) is 20.2. The molecule has 1 saturated carbocycles. The first kappa shape index (κ1) is 24.4. The van der Waals surface area contributed by atoms with Gasteiger partial charge in [-0.1, -0.05) is 6.42 Å². The van der Waals surface area contributed by atoms with Gasteiger partial charge in [0.25, 0.3) is 0 Å². The third-order valence-electron chi connectivity index (χ3n) is 6.62. The highest BCUT2D eigenvalue weighted by Crippen LogP contribution is 2.39. The van der Waals surface area contributed by atoms with E-state index in [0.29, 0.717) is 52.8 Å². The van der Waals surface area contributed by atoms with Gasteiger partial charge in [-0.25, -0.2) is 9.97 Å². The lowest BCUT2D eigenvalue weighted by Crippen LogP contribution is -2.37. The molecule has 2 aliphatic rings. The molecule has 0 spiro atoms. The van der Waals surface area contributed by atoms with E-state index in [1.807, 2.05) is 12.1 Å². The quantitative estimate of drug-likeness (QED) is 0.437. The number of nitrogens with zero attached hydrogens (tertiary/aromatic N) is 2. The maximum absolute atomic E-state index is 13.3. The average Bonchev–Trinajstić information content (AvgIpc) is 2.90. The molecule has 0 bridgehead atoms. The third kappa shape index (κ3) is 5.13. The molecule has 3 atom stereocenters. The van der Waals surface area contributed by atoms with E-state index in [-0.39, 0.29) is 17.9 Å². The summed E-state index contributed by atoms with van der Waals surface area (Å²) in [7, 11) is 0. The summed E-state index contributed by atoms with van der Waals surface area (Å²) in [5.41, 5.74) is 6.08. The average molecular weight is 503 g/mol. The molecule has 3 N–H and O–H groups in total. The van der Waals surface area contributed by atoms with Gasteiger partial charge < -0.3 is 25.3 Å². The Morgan fingerprint density at radius 1 is 1.00 bits per heavy atom. The molecule has 5 rings (SSSR count). The molecule has 36 heavy (non-hydrogen) atoms. The van der Waals surface area contributed by atoms with Crippen LogP contribution in [0.3, 0.4) is 0 Å². The lowest BCUT2D eigenvalue weighted by molar-refractivity contribution is -0.137. The van der Waals surface area contributed by atoms with Crippen molar-refractivity contribution in [2.24, 2.45) is 0 Å². The fourth-order valence-electron chi connectivity index (χ4n) is 4.85. The van der Waals surface area contributed by atoms with E-state index in [1.165, 1.54) is 6.07 Å². The third-order valence-corrected chi connectivity index (χ3v) is 6.62. The molecule has 0 saturated heterocycles. The number of fused-ring (bicyclic) bond motifs is 3. The van der Waals surface area contributed by atoms with Crippen LogP contribution in [-0.2, 0) is 10.9 Å². The number of benzene rings is 2. The summed E-state index contributed by atoms with van der Waals surface area (Å²) in [6.45, 7) is 4.40. The first-order valence-electron chi connectivity index (χ1n) is 12.1. The lowest BCUT2D eigenvalue weighted by atomic mass is 9.94. The second kappa shape index (κ2) is 9.65. The van der Waals surface area contributed by atoms with E-state index in [1.54, 1.807) is 13.8 Å². The van der Waals surface area contributed by atoms with Crippen LogP contribution >= 0.6 is 0 Å². The molecular weight excluding hydrogens is 473 g/mol. The number of nitrogen functional groups attached to an aromatic ring is 1. The van der Waals surface area contributed by atoms with Crippen LogP contribution in [0, 0.1) is 6.92 Å². The molecule has 7 nitrogen and oxygen atoms in total. The van der Waals surface area contributed by atoms with Crippen LogP contribution in [0.4, 0.5) is 24.7 Å². The lowest BCUT2D eigenvalue weighted by Gasteiger charge is -2.31. The molecule has 1 fully saturated rings. The van der Waals surface area contributed by atoms with Gasteiger partial charge in [0.1, 0.15) is 24.4 Å². The van der Waals surface area contributed by atoms with E-state index in [0.717, 1.165) is 37.8 Å². The first-order chi connectivity index (χ1) is 17.2. The predicted molar refractivity (Wildman–Crippen MR) is 130 cm³/mol. The highest BCUT2D eigenvalue weighted by Gasteiger charge is 2.32. The molecule has 2 heterocycles. The topological polar surface area (TPSA) is 91.5 Å². The van der Waals surface area contributed by atoms with Crippen molar-refractivity contribution in [3.63, 3.8) is 0 Å². The molecule has 2 unspecified atom stereocenters. The number of halogens is 3. The number of anilines is 2. The van der Waals surface area contributed by atoms with E-state index in [4.69, 9.17) is 19.9 Å². The molecule has 2 aromatic carbocycles. The van der Waals surface area contributed by atoms with E-state index in [2.05, 4.69) is 15.3 Å². The summed E-state index contributed by atoms with van der Waals surface area (Å²) < 4.78 is 58.4. The number of ether oxygens (including phenoxy) is 3. The highest BCUT2D eigenvalue weighted by atomic mass is 19.4. The Labute approximate surface area is 207 Å². The smallest absolute Gasteiger partial charge is 0.416 e. The summed E-state index contributed by atoms with van der Waals surface area (Å²) in [6.07, 6.45) is -0.536. The van der Waals surface area contributed by atoms with Crippen LogP contribution in [0.1, 0.15) is 55.6 Å². The van der Waals surface area contributed by atoms with Crippen molar-refractivity contribution in [2.45, 2.75) is 64.0 Å². The van der Waals surface area contributed by atoms with Gasteiger partial charge >= 0.3 is 6.18 Å². The van der Waals surface area contributed by atoms with Crippen molar-refractivity contribution in [2.75, 3.05) is 24.3 Å². The second-order valence-electron chi connectivity index (χ2n) is 9.39. The van der Waals surface area contributed by atoms with Crippen LogP contribution in [0.5, 0.6) is 11.5 Å². The van der Waals surface area contributed by atoms with E-state index >= 15 is 0 Å². The fraction of sp³-hybridized carbons (Fsp3) is 0.462. The Balaban J connectivity index is 1.52. The number of alkyl halides is 3. The van der Waals surface area contributed by atoms with Crippen LogP contribution in [0.25, 0.3) is 10.9 Å². The Kier molecular flexibility index (Phi) is 6.55. The molecular formula is C26H29F3N4O3. The summed E-state index contributed by atoms with van der Waals surface area (Å²) in [4.78, 5) is 9.11. The van der Waals surface area contributed by atoms with Crippen molar-refractivity contribution in [3.8, 4) is 11.5 Å². The number of nitrogens with one attached hydrogen (secondary N) is 1. The summed E-state index contributed by atoms with van der Waals surface area (Å²) >= 11 is 0. The summed E-state index contributed by atoms with van der Waals surface area (Å²) in [5.74, 6) is 2.17. The van der Waals surface area contributed by atoms with Crippen molar-refractivity contribution >= 4 is 22.4 Å². The Bertz CT molecular complexity index is 1270. The standard InChI is InChI=1S/C26H29F3N4O3/c1-14(16-9-17(26(27,28)29)11-18(30)10-16)31-25-19-12-24-23(13-20(19)32-15(2)33-25)35-8-7-34-21-5-3-4-6-22(21)36-24/h9-14,21-22H,3-8,30H2,1-2H3,(H,31,32,33)/t14-,21?,22?/m1/s1. The molecule has 3 aromatic rings. The van der Waals surface area contributed by atoms with Gasteiger partial charge in [0, 0.05) is 17.1 Å². The van der Waals surface area contributed by atoms with Crippen LogP contribution in [0.15, 0.2) is 30.3 Å². The Hall–Kier alpha value is -3.27. The minimum Gasteiger partial charge on any atom is -0.487 e. The van der Waals surface area contributed by atoms with E-state index in [9.17, 15) is 13.2 Å².